The third-order valence-corrected chi connectivity index (χ3v) is 3.60. The van der Waals surface area contributed by atoms with Crippen LogP contribution >= 0.6 is 0 Å². The maximum atomic E-state index is 11.8. The summed E-state index contributed by atoms with van der Waals surface area (Å²) in [5, 5.41) is 8.38. The van der Waals surface area contributed by atoms with Crippen LogP contribution in [0.4, 0.5) is 0 Å². The van der Waals surface area contributed by atoms with Gasteiger partial charge in [0.1, 0.15) is 13.2 Å². The van der Waals surface area contributed by atoms with Gasteiger partial charge in [0.15, 0.2) is 0 Å². The monoisotopic (exact) mass is 413 g/mol. The molecule has 9 heteroatoms. The Labute approximate surface area is 171 Å². The molecule has 0 aliphatic carbocycles. The Morgan fingerprint density at radius 1 is 0.862 bits per heavy atom. The van der Waals surface area contributed by atoms with Gasteiger partial charge in [-0.3, -0.25) is 9.69 Å². The summed E-state index contributed by atoms with van der Waals surface area (Å²) >= 11 is 0. The largest absolute Gasteiger partial charge is 0.480 e. The van der Waals surface area contributed by atoms with Crippen molar-refractivity contribution >= 4 is 11.9 Å². The molecule has 0 spiro atoms. The normalized spacial score (nSPS) is 11.0. The fourth-order valence-corrected chi connectivity index (χ4v) is 2.12. The maximum Gasteiger partial charge on any atom is 0.329 e. The van der Waals surface area contributed by atoms with Gasteiger partial charge in [-0.1, -0.05) is 30.3 Å². The van der Waals surface area contributed by atoms with Gasteiger partial charge >= 0.3 is 11.9 Å². The molecule has 1 rings (SSSR count). The first-order valence-electron chi connectivity index (χ1n) is 9.49. The number of rotatable bonds is 18. The molecule has 9 nitrogen and oxygen atoms in total. The highest BCUT2D eigenvalue weighted by Crippen LogP contribution is 2.01. The average molecular weight is 413 g/mol. The Morgan fingerprint density at radius 2 is 1.41 bits per heavy atom. The van der Waals surface area contributed by atoms with Crippen LogP contribution in [-0.2, 0) is 39.9 Å². The molecule has 0 saturated carbocycles. The van der Waals surface area contributed by atoms with Crippen LogP contribution in [-0.4, -0.2) is 94.9 Å². The van der Waals surface area contributed by atoms with E-state index >= 15 is 0 Å². The highest BCUT2D eigenvalue weighted by molar-refractivity contribution is 5.71. The van der Waals surface area contributed by atoms with Crippen LogP contribution in [0.3, 0.4) is 0 Å². The average Bonchev–Trinajstić information content (AvgIpc) is 2.70. The zero-order chi connectivity index (χ0) is 21.2. The second kappa shape index (κ2) is 16.9. The number of carboxylic acids is 1. The van der Waals surface area contributed by atoms with Gasteiger partial charge in [-0.15, -0.1) is 0 Å². The van der Waals surface area contributed by atoms with Crippen molar-refractivity contribution in [3.63, 3.8) is 0 Å². The van der Waals surface area contributed by atoms with E-state index in [2.05, 4.69) is 0 Å². The molecule has 0 saturated heterocycles. The number of hydrogen-bond acceptors (Lipinski definition) is 8. The first kappa shape index (κ1) is 25.0. The maximum absolute atomic E-state index is 11.8. The number of nitrogens with zero attached hydrogens (tertiary/aromatic N) is 1. The number of carbonyl (C=O) groups is 2. The first-order chi connectivity index (χ1) is 14.1. The molecule has 0 atom stereocenters. The van der Waals surface area contributed by atoms with E-state index in [0.717, 1.165) is 5.56 Å². The molecule has 29 heavy (non-hydrogen) atoms. The smallest absolute Gasteiger partial charge is 0.329 e. The van der Waals surface area contributed by atoms with Crippen molar-refractivity contribution in [2.75, 3.05) is 73.0 Å². The third-order valence-electron chi connectivity index (χ3n) is 3.60. The van der Waals surface area contributed by atoms with E-state index in [9.17, 15) is 9.59 Å². The van der Waals surface area contributed by atoms with Crippen LogP contribution < -0.4 is 0 Å². The van der Waals surface area contributed by atoms with Crippen LogP contribution in [0.25, 0.3) is 0 Å². The first-order valence-corrected chi connectivity index (χ1v) is 9.49. The molecule has 1 aromatic rings. The van der Waals surface area contributed by atoms with Crippen LogP contribution in [0.5, 0.6) is 0 Å². The lowest BCUT2D eigenvalue weighted by atomic mass is 10.2. The van der Waals surface area contributed by atoms with E-state index in [-0.39, 0.29) is 32.3 Å². The molecule has 0 aromatic heterocycles. The van der Waals surface area contributed by atoms with Gasteiger partial charge in [0.2, 0.25) is 0 Å². The second-order valence-corrected chi connectivity index (χ2v) is 6.17. The molecule has 0 fully saturated rings. The summed E-state index contributed by atoms with van der Waals surface area (Å²) < 4.78 is 26.1. The molecule has 0 aliphatic rings. The minimum absolute atomic E-state index is 0.209. The molecule has 1 aromatic carbocycles. The van der Waals surface area contributed by atoms with Gasteiger partial charge in [0.05, 0.1) is 52.8 Å². The van der Waals surface area contributed by atoms with Crippen molar-refractivity contribution < 1.29 is 38.4 Å². The standard InChI is InChI=1S/C20H31NO8/c1-21(15-20(24)29-16-18-5-3-2-4-6-18)7-8-25-9-10-26-11-12-27-13-14-28-17-19(22)23/h2-6H,7-17H2,1H3,(H,22,23). The molecule has 1 N–H and O–H groups in total. The molecular weight excluding hydrogens is 382 g/mol. The molecule has 0 aliphatic heterocycles. The lowest BCUT2D eigenvalue weighted by Gasteiger charge is -2.16. The number of benzene rings is 1. The number of likely N-dealkylation sites (N-methyl/N-ethyl adjacent to an activating group) is 1. The van der Waals surface area contributed by atoms with E-state index < -0.39 is 5.97 Å². The summed E-state index contributed by atoms with van der Waals surface area (Å²) in [6, 6.07) is 9.56. The predicted molar refractivity (Wildman–Crippen MR) is 105 cm³/mol. The zero-order valence-electron chi connectivity index (χ0n) is 16.9. The molecule has 0 heterocycles. The summed E-state index contributed by atoms with van der Waals surface area (Å²) in [7, 11) is 1.83. The number of carbonyl (C=O) groups excluding carboxylic acids is 1. The van der Waals surface area contributed by atoms with Crippen molar-refractivity contribution in [3.05, 3.63) is 35.9 Å². The summed E-state index contributed by atoms with van der Waals surface area (Å²) in [4.78, 5) is 23.9. The van der Waals surface area contributed by atoms with E-state index in [1.54, 1.807) is 0 Å². The molecule has 164 valence electrons. The minimum Gasteiger partial charge on any atom is -0.480 e. The number of esters is 1. The van der Waals surface area contributed by atoms with Crippen molar-refractivity contribution in [3.8, 4) is 0 Å². The van der Waals surface area contributed by atoms with Crippen LogP contribution in [0, 0.1) is 0 Å². The van der Waals surface area contributed by atoms with Crippen molar-refractivity contribution in [1.82, 2.24) is 4.90 Å². The van der Waals surface area contributed by atoms with Gasteiger partial charge in [0.25, 0.3) is 0 Å². The summed E-state index contributed by atoms with van der Waals surface area (Å²) in [5.41, 5.74) is 0.962. The van der Waals surface area contributed by atoms with Crippen molar-refractivity contribution in [2.24, 2.45) is 0 Å². The van der Waals surface area contributed by atoms with Crippen molar-refractivity contribution in [2.45, 2.75) is 6.61 Å². The number of hydrogen-bond donors (Lipinski definition) is 1. The molecule has 0 amide bonds. The topological polar surface area (TPSA) is 104 Å². The minimum atomic E-state index is -0.998. The van der Waals surface area contributed by atoms with E-state index in [1.165, 1.54) is 0 Å². The van der Waals surface area contributed by atoms with Crippen LogP contribution in [0.2, 0.25) is 0 Å². The summed E-state index contributed by atoms with van der Waals surface area (Å²) in [6.07, 6.45) is 0. The summed E-state index contributed by atoms with van der Waals surface area (Å²) in [6.45, 7) is 3.57. The third kappa shape index (κ3) is 15.5. The molecule has 0 bridgehead atoms. The summed E-state index contributed by atoms with van der Waals surface area (Å²) in [5.74, 6) is -1.27. The Balaban J connectivity index is 1.85. The lowest BCUT2D eigenvalue weighted by molar-refractivity contribution is -0.146. The van der Waals surface area contributed by atoms with Gasteiger partial charge in [-0.05, 0) is 12.6 Å². The molecule has 0 radical (unpaired) electrons. The zero-order valence-corrected chi connectivity index (χ0v) is 16.9. The lowest BCUT2D eigenvalue weighted by Crippen LogP contribution is -2.30. The highest BCUT2D eigenvalue weighted by Gasteiger charge is 2.08. The van der Waals surface area contributed by atoms with E-state index in [0.29, 0.717) is 46.2 Å². The fraction of sp³-hybridized carbons (Fsp3) is 0.600. The predicted octanol–water partition coefficient (Wildman–Crippen LogP) is 0.813. The van der Waals surface area contributed by atoms with Crippen molar-refractivity contribution in [1.29, 1.82) is 0 Å². The van der Waals surface area contributed by atoms with Gasteiger partial charge in [-0.25, -0.2) is 4.79 Å². The Bertz CT molecular complexity index is 555. The Kier molecular flexibility index (Phi) is 14.5. The van der Waals surface area contributed by atoms with E-state index in [4.69, 9.17) is 28.8 Å². The fourth-order valence-electron chi connectivity index (χ4n) is 2.12. The highest BCUT2D eigenvalue weighted by atomic mass is 16.6. The number of ether oxygens (including phenoxy) is 5. The SMILES string of the molecule is CN(CCOCCOCCOCCOCC(=O)O)CC(=O)OCc1ccccc1. The number of carboxylic acid groups (broad SMARTS) is 1. The number of aliphatic carboxylic acids is 1. The van der Waals surface area contributed by atoms with Gasteiger partial charge < -0.3 is 28.8 Å². The Morgan fingerprint density at radius 3 is 2.00 bits per heavy atom. The Hall–Kier alpha value is -2.04. The van der Waals surface area contributed by atoms with Gasteiger partial charge in [0, 0.05) is 6.54 Å². The van der Waals surface area contributed by atoms with E-state index in [1.807, 2.05) is 42.3 Å². The quantitative estimate of drug-likeness (QED) is 0.277. The molecular formula is C20H31NO8. The van der Waals surface area contributed by atoms with Crippen LogP contribution in [0.15, 0.2) is 30.3 Å². The molecule has 0 unspecified atom stereocenters. The van der Waals surface area contributed by atoms with Gasteiger partial charge in [-0.2, -0.15) is 0 Å². The van der Waals surface area contributed by atoms with Crippen LogP contribution in [0.1, 0.15) is 5.56 Å². The second-order valence-electron chi connectivity index (χ2n) is 6.17.